The molecule has 0 amide bonds. The third-order valence-corrected chi connectivity index (χ3v) is 6.37. The van der Waals surface area contributed by atoms with Gasteiger partial charge in [-0.2, -0.15) is 5.43 Å². The van der Waals surface area contributed by atoms with Crippen molar-refractivity contribution in [3.8, 4) is 0 Å². The molecule has 10 heteroatoms. The molecule has 35 heavy (non-hydrogen) atoms. The normalized spacial score (nSPS) is 26.6. The van der Waals surface area contributed by atoms with Gasteiger partial charge in [0.2, 0.25) is 6.23 Å². The van der Waals surface area contributed by atoms with Crippen molar-refractivity contribution in [2.24, 2.45) is 4.99 Å². The number of aromatic nitrogens is 1. The molecular weight excluding hydrogens is 459 g/mol. The van der Waals surface area contributed by atoms with Crippen molar-refractivity contribution in [2.75, 3.05) is 11.9 Å². The van der Waals surface area contributed by atoms with E-state index in [4.69, 9.17) is 9.72 Å². The number of aryl methyl sites for hydroxylation is 1. The van der Waals surface area contributed by atoms with Gasteiger partial charge in [0.25, 0.3) is 5.92 Å². The maximum atomic E-state index is 13.5. The number of aliphatic hydroxyl groups excluding tert-OH is 1. The molecule has 2 fully saturated rings. The Hall–Kier alpha value is -2.59. The first-order valence-corrected chi connectivity index (χ1v) is 12.0. The van der Waals surface area contributed by atoms with Gasteiger partial charge in [-0.25, -0.2) is 23.1 Å². The highest BCUT2D eigenvalue weighted by Gasteiger charge is 2.31. The number of fused-ring (bicyclic) bond motifs is 1. The Kier molecular flexibility index (Phi) is 6.89. The topological polar surface area (TPSA) is 90.8 Å². The van der Waals surface area contributed by atoms with E-state index in [-0.39, 0.29) is 30.3 Å². The average molecular weight is 494 g/mol. The summed E-state index contributed by atoms with van der Waals surface area (Å²) in [5, 5.41) is 13.5. The number of alkyl halides is 3. The quantitative estimate of drug-likeness (QED) is 0.485. The molecule has 0 bridgehead atoms. The van der Waals surface area contributed by atoms with Crippen LogP contribution in [0.5, 0.6) is 0 Å². The van der Waals surface area contributed by atoms with E-state index < -0.39 is 31.0 Å². The van der Waals surface area contributed by atoms with Gasteiger partial charge in [-0.1, -0.05) is 20.8 Å². The molecule has 7 nitrogen and oxygen atoms in total. The highest BCUT2D eigenvalue weighted by atomic mass is 19.3. The largest absolute Gasteiger partial charge is 0.438 e. The summed E-state index contributed by atoms with van der Waals surface area (Å²) in [6.45, 7) is 8.55. The smallest absolute Gasteiger partial charge is 0.301 e. The number of anilines is 1. The number of nitrogens with zero attached hydrogens (tertiary/aromatic N) is 2. The Morgan fingerprint density at radius 3 is 2.60 bits per heavy atom. The van der Waals surface area contributed by atoms with Crippen LogP contribution in [0.1, 0.15) is 70.0 Å². The van der Waals surface area contributed by atoms with E-state index in [0.29, 0.717) is 17.8 Å². The molecular formula is C25H34F3N5O2. The molecule has 4 unspecified atom stereocenters. The molecule has 1 aromatic heterocycles. The highest BCUT2D eigenvalue weighted by molar-refractivity contribution is 5.89. The number of hydrogen-bond donors (Lipinski definition) is 4. The first kappa shape index (κ1) is 25.5. The molecule has 4 N–H and O–H groups in total. The highest BCUT2D eigenvalue weighted by Crippen LogP contribution is 2.35. The summed E-state index contributed by atoms with van der Waals surface area (Å²) in [5.41, 5.74) is 9.57. The van der Waals surface area contributed by atoms with Crippen LogP contribution in [-0.4, -0.2) is 46.9 Å². The number of aliphatic imine (C=N–C) groups is 1. The van der Waals surface area contributed by atoms with Crippen molar-refractivity contribution in [2.45, 2.75) is 89.8 Å². The van der Waals surface area contributed by atoms with Crippen LogP contribution < -0.4 is 16.2 Å². The van der Waals surface area contributed by atoms with Crippen LogP contribution >= 0.6 is 0 Å². The molecule has 4 rings (SSSR count). The lowest BCUT2D eigenvalue weighted by Crippen LogP contribution is -2.34. The van der Waals surface area contributed by atoms with Gasteiger partial charge in [0.05, 0.1) is 29.9 Å². The van der Waals surface area contributed by atoms with E-state index in [1.54, 1.807) is 0 Å². The van der Waals surface area contributed by atoms with Crippen LogP contribution in [0.2, 0.25) is 0 Å². The van der Waals surface area contributed by atoms with Gasteiger partial charge in [0.1, 0.15) is 6.17 Å². The molecule has 1 aliphatic carbocycles. The van der Waals surface area contributed by atoms with Crippen molar-refractivity contribution in [3.05, 3.63) is 35.0 Å². The fraction of sp³-hybridized carbons (Fsp3) is 0.600. The summed E-state index contributed by atoms with van der Waals surface area (Å²) in [4.78, 5) is 9.38. The van der Waals surface area contributed by atoms with Crippen LogP contribution in [0.4, 0.5) is 18.9 Å². The average Bonchev–Trinajstić information content (AvgIpc) is 3.22. The predicted octanol–water partition coefficient (Wildman–Crippen LogP) is 4.64. The Bertz CT molecular complexity index is 1110. The number of amidine groups is 1. The molecule has 192 valence electrons. The summed E-state index contributed by atoms with van der Waals surface area (Å²) in [7, 11) is 0. The van der Waals surface area contributed by atoms with Crippen molar-refractivity contribution in [3.63, 3.8) is 0 Å². The van der Waals surface area contributed by atoms with Gasteiger partial charge in [0, 0.05) is 18.0 Å². The number of hydrazine groups is 1. The van der Waals surface area contributed by atoms with Crippen LogP contribution in [0, 0.1) is 6.92 Å². The minimum atomic E-state index is -2.82. The molecule has 2 heterocycles. The van der Waals surface area contributed by atoms with Crippen LogP contribution in [0.15, 0.2) is 23.2 Å². The number of nitrogens with one attached hydrogen (secondary N) is 3. The number of benzene rings is 1. The maximum absolute atomic E-state index is 13.5. The number of pyridine rings is 1. The van der Waals surface area contributed by atoms with Crippen molar-refractivity contribution >= 4 is 22.6 Å². The second-order valence-electron chi connectivity index (χ2n) is 10.7. The minimum absolute atomic E-state index is 0.222. The molecule has 1 aromatic carbocycles. The van der Waals surface area contributed by atoms with Gasteiger partial charge in [-0.15, -0.1) is 0 Å². The standard InChI is InChI=1S/C25H34F3N5O2/c1-13-8-19(22-32-33-23(35-22)30-14-6-7-18(26)20(34)11-14)31-21-16(13)9-15(29-12-25(5,27)28)10-17(21)24(2,3)4/h8-10,14,18,20,22,29,32,34H,6-7,11-12H2,1-5H3,(H,30,33). The molecule has 1 saturated carbocycles. The zero-order chi connectivity index (χ0) is 25.5. The number of hydrogen-bond acceptors (Lipinski definition) is 6. The summed E-state index contributed by atoms with van der Waals surface area (Å²) >= 11 is 0. The lowest BCUT2D eigenvalue weighted by atomic mass is 9.84. The first-order chi connectivity index (χ1) is 16.3. The monoisotopic (exact) mass is 493 g/mol. The van der Waals surface area contributed by atoms with Gasteiger partial charge >= 0.3 is 6.02 Å². The summed E-state index contributed by atoms with van der Waals surface area (Å²) in [6, 6.07) is 5.68. The van der Waals surface area contributed by atoms with Gasteiger partial charge in [-0.3, -0.25) is 5.43 Å². The molecule has 4 atom stereocenters. The van der Waals surface area contributed by atoms with Crippen LogP contribution in [0.3, 0.4) is 0 Å². The molecule has 0 spiro atoms. The lowest BCUT2D eigenvalue weighted by Gasteiger charge is -2.26. The molecule has 1 saturated heterocycles. The van der Waals surface area contributed by atoms with E-state index >= 15 is 0 Å². The van der Waals surface area contributed by atoms with E-state index in [2.05, 4.69) is 41.9 Å². The summed E-state index contributed by atoms with van der Waals surface area (Å²) in [5.74, 6) is -2.82. The van der Waals surface area contributed by atoms with Gasteiger partial charge < -0.3 is 15.2 Å². The Balaban J connectivity index is 1.62. The molecule has 1 aliphatic heterocycles. The second-order valence-corrected chi connectivity index (χ2v) is 10.7. The van der Waals surface area contributed by atoms with Gasteiger partial charge in [-0.05, 0) is 60.9 Å². The van der Waals surface area contributed by atoms with E-state index in [1.165, 1.54) is 0 Å². The predicted molar refractivity (Wildman–Crippen MR) is 130 cm³/mol. The Labute approximate surface area is 203 Å². The third kappa shape index (κ3) is 5.98. The lowest BCUT2D eigenvalue weighted by molar-refractivity contribution is 0.0366. The first-order valence-electron chi connectivity index (χ1n) is 12.0. The molecule has 2 aliphatic rings. The third-order valence-electron chi connectivity index (χ3n) is 6.37. The van der Waals surface area contributed by atoms with E-state index in [0.717, 1.165) is 29.0 Å². The van der Waals surface area contributed by atoms with Gasteiger partial charge in [0.15, 0.2) is 0 Å². The SMILES string of the molecule is Cc1cc(C2NNC(=NC3CCC(F)C(O)C3)O2)nc2c(C(C)(C)C)cc(NCC(C)(F)F)cc12. The molecule has 0 radical (unpaired) electrons. The summed E-state index contributed by atoms with van der Waals surface area (Å²) in [6.07, 6.45) is -1.74. The van der Waals surface area contributed by atoms with E-state index in [9.17, 15) is 18.3 Å². The Morgan fingerprint density at radius 1 is 1.20 bits per heavy atom. The van der Waals surface area contributed by atoms with Crippen molar-refractivity contribution in [1.82, 2.24) is 15.8 Å². The zero-order valence-corrected chi connectivity index (χ0v) is 20.8. The van der Waals surface area contributed by atoms with Crippen molar-refractivity contribution in [1.29, 1.82) is 0 Å². The molecule has 2 aromatic rings. The minimum Gasteiger partial charge on any atom is -0.438 e. The maximum Gasteiger partial charge on any atom is 0.301 e. The van der Waals surface area contributed by atoms with E-state index in [1.807, 2.05) is 25.1 Å². The Morgan fingerprint density at radius 2 is 1.94 bits per heavy atom. The van der Waals surface area contributed by atoms with Crippen molar-refractivity contribution < 1.29 is 23.0 Å². The number of rotatable bonds is 5. The zero-order valence-electron chi connectivity index (χ0n) is 20.8. The number of halogens is 3. The fourth-order valence-corrected chi connectivity index (χ4v) is 4.45. The summed E-state index contributed by atoms with van der Waals surface area (Å²) < 4.78 is 46.4. The number of ether oxygens (including phenoxy) is 1. The fourth-order valence-electron chi connectivity index (χ4n) is 4.45. The van der Waals surface area contributed by atoms with Crippen LogP contribution in [0.25, 0.3) is 10.9 Å². The second kappa shape index (κ2) is 9.46. The number of aliphatic hydroxyl groups is 1. The van der Waals surface area contributed by atoms with Crippen LogP contribution in [-0.2, 0) is 10.2 Å².